The van der Waals surface area contributed by atoms with Gasteiger partial charge in [0.05, 0.1) is 6.04 Å². The van der Waals surface area contributed by atoms with Gasteiger partial charge in [-0.1, -0.05) is 29.3 Å². The molecule has 1 aliphatic heterocycles. The summed E-state index contributed by atoms with van der Waals surface area (Å²) < 4.78 is 0. The molecule has 2 aromatic rings. The maximum Gasteiger partial charge on any atom is 0.157 e. The van der Waals surface area contributed by atoms with E-state index in [0.29, 0.717) is 10.0 Å². The number of phenols is 2. The molecule has 104 valence electrons. The number of phenolic OH excluding ortho intramolecular Hbond substituents is 2. The third kappa shape index (κ3) is 2.22. The standard InChI is InChI=1S/C15H13Cl2NO2/c16-10-2-1-3-11(17)14(10)15-9-7-13(20)12(19)6-8(9)4-5-18-15/h1-3,6-7,15,18-20H,4-5H2. The third-order valence-electron chi connectivity index (χ3n) is 3.58. The molecule has 0 aliphatic carbocycles. The summed E-state index contributed by atoms with van der Waals surface area (Å²) in [6.45, 7) is 0.753. The molecule has 20 heavy (non-hydrogen) atoms. The van der Waals surface area contributed by atoms with E-state index >= 15 is 0 Å². The van der Waals surface area contributed by atoms with Gasteiger partial charge in [-0.05, 0) is 41.8 Å². The number of fused-ring (bicyclic) bond motifs is 1. The molecule has 3 rings (SSSR count). The highest BCUT2D eigenvalue weighted by Gasteiger charge is 2.26. The van der Waals surface area contributed by atoms with Crippen molar-refractivity contribution in [3.8, 4) is 11.5 Å². The molecule has 1 heterocycles. The van der Waals surface area contributed by atoms with Gasteiger partial charge in [0.2, 0.25) is 0 Å². The summed E-state index contributed by atoms with van der Waals surface area (Å²) in [5, 5.41) is 23.9. The molecule has 1 unspecified atom stereocenters. The van der Waals surface area contributed by atoms with Crippen LogP contribution < -0.4 is 5.32 Å². The number of halogens is 2. The zero-order valence-corrected chi connectivity index (χ0v) is 12.0. The van der Waals surface area contributed by atoms with Crippen molar-refractivity contribution in [3.05, 3.63) is 57.1 Å². The zero-order valence-electron chi connectivity index (χ0n) is 10.5. The maximum atomic E-state index is 9.73. The molecule has 5 heteroatoms. The van der Waals surface area contributed by atoms with E-state index in [-0.39, 0.29) is 17.5 Å². The van der Waals surface area contributed by atoms with Crippen LogP contribution in [0.15, 0.2) is 30.3 Å². The van der Waals surface area contributed by atoms with Gasteiger partial charge in [0.15, 0.2) is 11.5 Å². The van der Waals surface area contributed by atoms with Crippen LogP contribution in [0.3, 0.4) is 0 Å². The van der Waals surface area contributed by atoms with Crippen molar-refractivity contribution < 1.29 is 10.2 Å². The fraction of sp³-hybridized carbons (Fsp3) is 0.200. The number of rotatable bonds is 1. The Morgan fingerprint density at radius 2 is 1.70 bits per heavy atom. The first-order chi connectivity index (χ1) is 9.58. The third-order valence-corrected chi connectivity index (χ3v) is 4.24. The first kappa shape index (κ1) is 13.6. The average Bonchev–Trinajstić information content (AvgIpc) is 2.40. The molecule has 3 N–H and O–H groups in total. The number of hydrogen-bond acceptors (Lipinski definition) is 3. The first-order valence-corrected chi connectivity index (χ1v) is 7.05. The molecule has 0 saturated heterocycles. The minimum atomic E-state index is -0.188. The van der Waals surface area contributed by atoms with Gasteiger partial charge in [-0.15, -0.1) is 0 Å². The van der Waals surface area contributed by atoms with Crippen LogP contribution in [-0.4, -0.2) is 16.8 Å². The highest BCUT2D eigenvalue weighted by molar-refractivity contribution is 6.36. The lowest BCUT2D eigenvalue weighted by Crippen LogP contribution is -2.30. The summed E-state index contributed by atoms with van der Waals surface area (Å²) in [6, 6.07) is 8.36. The first-order valence-electron chi connectivity index (χ1n) is 6.30. The Hall–Kier alpha value is -1.42. The van der Waals surface area contributed by atoms with Crippen LogP contribution in [-0.2, 0) is 6.42 Å². The van der Waals surface area contributed by atoms with Gasteiger partial charge in [-0.2, -0.15) is 0 Å². The fourth-order valence-electron chi connectivity index (χ4n) is 2.63. The molecule has 0 saturated carbocycles. The van der Waals surface area contributed by atoms with Crippen molar-refractivity contribution >= 4 is 23.2 Å². The van der Waals surface area contributed by atoms with Gasteiger partial charge in [-0.3, -0.25) is 0 Å². The van der Waals surface area contributed by atoms with Gasteiger partial charge in [0, 0.05) is 22.2 Å². The Bertz CT molecular complexity index is 653. The van der Waals surface area contributed by atoms with Crippen molar-refractivity contribution in [2.75, 3.05) is 6.54 Å². The van der Waals surface area contributed by atoms with Crippen molar-refractivity contribution in [2.24, 2.45) is 0 Å². The molecule has 0 amide bonds. The molecule has 0 radical (unpaired) electrons. The molecule has 3 nitrogen and oxygen atoms in total. The SMILES string of the molecule is Oc1cc2c(cc1O)C(c1c(Cl)cccc1Cl)NCC2. The van der Waals surface area contributed by atoms with Crippen molar-refractivity contribution in [3.63, 3.8) is 0 Å². The van der Waals surface area contributed by atoms with Crippen LogP contribution in [0, 0.1) is 0 Å². The largest absolute Gasteiger partial charge is 0.504 e. The van der Waals surface area contributed by atoms with Crippen molar-refractivity contribution in [2.45, 2.75) is 12.5 Å². The smallest absolute Gasteiger partial charge is 0.157 e. The Labute approximate surface area is 126 Å². The highest BCUT2D eigenvalue weighted by atomic mass is 35.5. The van der Waals surface area contributed by atoms with E-state index < -0.39 is 0 Å². The van der Waals surface area contributed by atoms with Gasteiger partial charge in [0.1, 0.15) is 0 Å². The fourth-order valence-corrected chi connectivity index (χ4v) is 3.24. The quantitative estimate of drug-likeness (QED) is 0.705. The number of hydrogen-bond donors (Lipinski definition) is 3. The van der Waals surface area contributed by atoms with Gasteiger partial charge in [0.25, 0.3) is 0 Å². The van der Waals surface area contributed by atoms with Crippen LogP contribution in [0.25, 0.3) is 0 Å². The second-order valence-corrected chi connectivity index (χ2v) is 5.63. The van der Waals surface area contributed by atoms with Gasteiger partial charge < -0.3 is 15.5 Å². The van der Waals surface area contributed by atoms with Crippen LogP contribution in [0.4, 0.5) is 0 Å². The van der Waals surface area contributed by atoms with Gasteiger partial charge in [-0.25, -0.2) is 0 Å². The number of benzene rings is 2. The summed E-state index contributed by atoms with van der Waals surface area (Å²) in [6.07, 6.45) is 0.780. The van der Waals surface area contributed by atoms with E-state index in [4.69, 9.17) is 23.2 Å². The Balaban J connectivity index is 2.17. The lowest BCUT2D eigenvalue weighted by molar-refractivity contribution is 0.400. The molecule has 0 aromatic heterocycles. The van der Waals surface area contributed by atoms with Crippen LogP contribution in [0.2, 0.25) is 10.0 Å². The molecular weight excluding hydrogens is 297 g/mol. The summed E-state index contributed by atoms with van der Waals surface area (Å²) in [5.74, 6) is -0.240. The van der Waals surface area contributed by atoms with E-state index in [2.05, 4.69) is 5.32 Å². The van der Waals surface area contributed by atoms with Crippen molar-refractivity contribution in [1.82, 2.24) is 5.32 Å². The van der Waals surface area contributed by atoms with Crippen molar-refractivity contribution in [1.29, 1.82) is 0 Å². The Kier molecular flexibility index (Phi) is 3.50. The molecule has 0 fully saturated rings. The highest BCUT2D eigenvalue weighted by Crippen LogP contribution is 2.40. The van der Waals surface area contributed by atoms with Crippen LogP contribution >= 0.6 is 23.2 Å². The minimum absolute atomic E-state index is 0.102. The van der Waals surface area contributed by atoms with E-state index in [0.717, 1.165) is 29.7 Å². The van der Waals surface area contributed by atoms with E-state index in [1.807, 2.05) is 0 Å². The Morgan fingerprint density at radius 3 is 2.40 bits per heavy atom. The predicted molar refractivity (Wildman–Crippen MR) is 79.8 cm³/mol. The van der Waals surface area contributed by atoms with Gasteiger partial charge >= 0.3 is 0 Å². The minimum Gasteiger partial charge on any atom is -0.504 e. The summed E-state index contributed by atoms with van der Waals surface area (Å²) in [4.78, 5) is 0. The normalized spacial score (nSPS) is 17.8. The molecule has 1 aliphatic rings. The van der Waals surface area contributed by atoms with E-state index in [1.54, 1.807) is 30.3 Å². The molecule has 1 atom stereocenters. The lowest BCUT2D eigenvalue weighted by atomic mass is 9.89. The molecule has 0 bridgehead atoms. The van der Waals surface area contributed by atoms with Crippen LogP contribution in [0.5, 0.6) is 11.5 Å². The number of aromatic hydroxyl groups is 2. The lowest BCUT2D eigenvalue weighted by Gasteiger charge is -2.29. The molecule has 0 spiro atoms. The predicted octanol–water partition coefficient (Wildman–Crippen LogP) is 3.64. The zero-order chi connectivity index (χ0) is 14.3. The summed E-state index contributed by atoms with van der Waals surface area (Å²) >= 11 is 12.5. The summed E-state index contributed by atoms with van der Waals surface area (Å²) in [7, 11) is 0. The van der Waals surface area contributed by atoms with Crippen LogP contribution in [0.1, 0.15) is 22.7 Å². The monoisotopic (exact) mass is 309 g/mol. The Morgan fingerprint density at radius 1 is 1.05 bits per heavy atom. The molecular formula is C15H13Cl2NO2. The second-order valence-electron chi connectivity index (χ2n) is 4.81. The summed E-state index contributed by atoms with van der Waals surface area (Å²) in [5.41, 5.74) is 2.67. The maximum absolute atomic E-state index is 9.73. The topological polar surface area (TPSA) is 52.5 Å². The second kappa shape index (κ2) is 5.17. The number of nitrogens with one attached hydrogen (secondary N) is 1. The average molecular weight is 310 g/mol. The molecule has 2 aromatic carbocycles. The van der Waals surface area contributed by atoms with E-state index in [1.165, 1.54) is 0 Å². The van der Waals surface area contributed by atoms with E-state index in [9.17, 15) is 10.2 Å².